The van der Waals surface area contributed by atoms with Crippen molar-refractivity contribution in [2.75, 3.05) is 14.7 Å². The smallest absolute Gasteiger partial charge is 0.135 e. The molecule has 0 bridgehead atoms. The highest BCUT2D eigenvalue weighted by atomic mass is 16.3. The summed E-state index contributed by atoms with van der Waals surface area (Å²) in [5, 5.41) is 4.55. The predicted octanol–water partition coefficient (Wildman–Crippen LogP) is 16.8. The Bertz CT molecular complexity index is 3270. The first-order valence-corrected chi connectivity index (χ1v) is 21.0. The molecule has 0 radical (unpaired) electrons. The van der Waals surface area contributed by atoms with Gasteiger partial charge < -0.3 is 19.1 Å². The summed E-state index contributed by atoms with van der Waals surface area (Å²) in [6.45, 7) is 0. The third kappa shape index (κ3) is 6.90. The van der Waals surface area contributed by atoms with Crippen molar-refractivity contribution in [1.82, 2.24) is 0 Å². The fourth-order valence-electron chi connectivity index (χ4n) is 8.73. The summed E-state index contributed by atoms with van der Waals surface area (Å²) in [7, 11) is 0. The SMILES string of the molecule is c1ccc(N(c2ccccc2)c2cc(-c3cccc(N(c4ccccc4)c4ccc5oc6ccccc6c5c4)c3)cc(N(c3ccccc3)c3cccc4ccccc34)c2)cc1. The zero-order chi connectivity index (χ0) is 41.2. The quantitative estimate of drug-likeness (QED) is 0.138. The number of furan rings is 1. The topological polar surface area (TPSA) is 22.9 Å². The van der Waals surface area contributed by atoms with E-state index in [0.29, 0.717) is 0 Å². The Hall–Kier alpha value is -8.34. The second kappa shape index (κ2) is 16.0. The van der Waals surface area contributed by atoms with Crippen LogP contribution in [0.3, 0.4) is 0 Å². The van der Waals surface area contributed by atoms with E-state index in [9.17, 15) is 0 Å². The van der Waals surface area contributed by atoms with Gasteiger partial charge in [-0.2, -0.15) is 0 Å². The average molecular weight is 796 g/mol. The van der Waals surface area contributed by atoms with Gasteiger partial charge in [0.15, 0.2) is 0 Å². The van der Waals surface area contributed by atoms with Crippen molar-refractivity contribution in [3.63, 3.8) is 0 Å². The molecule has 4 heteroatoms. The Morgan fingerprint density at radius 2 is 0.694 bits per heavy atom. The third-order valence-electron chi connectivity index (χ3n) is 11.5. The zero-order valence-electron chi connectivity index (χ0n) is 33.9. The van der Waals surface area contributed by atoms with E-state index in [1.165, 1.54) is 10.8 Å². The molecule has 1 heterocycles. The molecular formula is C58H41N3O. The number of fused-ring (bicyclic) bond motifs is 4. The minimum Gasteiger partial charge on any atom is -0.456 e. The lowest BCUT2D eigenvalue weighted by atomic mass is 10.00. The summed E-state index contributed by atoms with van der Waals surface area (Å²) in [5.74, 6) is 0. The summed E-state index contributed by atoms with van der Waals surface area (Å²) in [4.78, 5) is 7.08. The number of hydrogen-bond donors (Lipinski definition) is 0. The van der Waals surface area contributed by atoms with Crippen LogP contribution >= 0.6 is 0 Å². The van der Waals surface area contributed by atoms with Crippen LogP contribution in [0.5, 0.6) is 0 Å². The van der Waals surface area contributed by atoms with Crippen LogP contribution in [-0.4, -0.2) is 0 Å². The van der Waals surface area contributed by atoms with E-state index in [2.05, 4.69) is 251 Å². The van der Waals surface area contributed by atoms with E-state index < -0.39 is 0 Å². The van der Waals surface area contributed by atoms with Gasteiger partial charge in [-0.3, -0.25) is 0 Å². The molecule has 4 nitrogen and oxygen atoms in total. The number of benzene rings is 10. The van der Waals surface area contributed by atoms with Gasteiger partial charge in [0.1, 0.15) is 11.2 Å². The Labute approximate surface area is 361 Å². The maximum absolute atomic E-state index is 6.26. The van der Waals surface area contributed by atoms with Crippen LogP contribution in [0, 0.1) is 0 Å². The molecule has 1 aromatic heterocycles. The van der Waals surface area contributed by atoms with Crippen LogP contribution < -0.4 is 14.7 Å². The van der Waals surface area contributed by atoms with Gasteiger partial charge in [-0.25, -0.2) is 0 Å². The Kier molecular flexibility index (Phi) is 9.49. The van der Waals surface area contributed by atoms with Crippen LogP contribution in [-0.2, 0) is 0 Å². The van der Waals surface area contributed by atoms with Gasteiger partial charge >= 0.3 is 0 Å². The van der Waals surface area contributed by atoms with E-state index in [-0.39, 0.29) is 0 Å². The first kappa shape index (κ1) is 36.7. The number of nitrogens with zero attached hydrogens (tertiary/aromatic N) is 3. The van der Waals surface area contributed by atoms with Crippen LogP contribution in [0.2, 0.25) is 0 Å². The molecule has 10 aromatic carbocycles. The van der Waals surface area contributed by atoms with E-state index in [4.69, 9.17) is 4.42 Å². The molecule has 0 amide bonds. The summed E-state index contributed by atoms with van der Waals surface area (Å²) < 4.78 is 6.26. The van der Waals surface area contributed by atoms with Gasteiger partial charge in [-0.05, 0) is 126 Å². The van der Waals surface area contributed by atoms with Crippen LogP contribution in [0.15, 0.2) is 253 Å². The van der Waals surface area contributed by atoms with Gasteiger partial charge in [0.05, 0.1) is 5.69 Å². The molecule has 11 rings (SSSR count). The molecule has 0 fully saturated rings. The summed E-state index contributed by atoms with van der Waals surface area (Å²) in [6, 6.07) is 88.4. The molecule has 0 spiro atoms. The van der Waals surface area contributed by atoms with Crippen molar-refractivity contribution in [3.8, 4) is 11.1 Å². The van der Waals surface area contributed by atoms with Crippen LogP contribution in [0.4, 0.5) is 51.2 Å². The second-order valence-corrected chi connectivity index (χ2v) is 15.4. The third-order valence-corrected chi connectivity index (χ3v) is 11.5. The predicted molar refractivity (Wildman–Crippen MR) is 261 cm³/mol. The molecule has 0 saturated carbocycles. The highest BCUT2D eigenvalue weighted by molar-refractivity contribution is 6.07. The first-order chi connectivity index (χ1) is 30.7. The molecule has 0 aliphatic rings. The van der Waals surface area contributed by atoms with Gasteiger partial charge in [-0.1, -0.05) is 140 Å². The maximum Gasteiger partial charge on any atom is 0.135 e. The van der Waals surface area contributed by atoms with Gasteiger partial charge in [0, 0.05) is 61.7 Å². The molecular weight excluding hydrogens is 755 g/mol. The lowest BCUT2D eigenvalue weighted by Crippen LogP contribution is -2.14. The van der Waals surface area contributed by atoms with Crippen molar-refractivity contribution in [1.29, 1.82) is 0 Å². The molecule has 0 aliphatic heterocycles. The number of anilines is 9. The largest absolute Gasteiger partial charge is 0.456 e. The minimum absolute atomic E-state index is 0.872. The minimum atomic E-state index is 0.872. The number of rotatable bonds is 10. The molecule has 0 N–H and O–H groups in total. The Morgan fingerprint density at radius 3 is 1.35 bits per heavy atom. The molecule has 0 saturated heterocycles. The average Bonchev–Trinajstić information content (AvgIpc) is 3.71. The summed E-state index contributed by atoms with van der Waals surface area (Å²) in [6.07, 6.45) is 0. The first-order valence-electron chi connectivity index (χ1n) is 21.0. The normalized spacial score (nSPS) is 11.2. The lowest BCUT2D eigenvalue weighted by molar-refractivity contribution is 0.669. The molecule has 294 valence electrons. The van der Waals surface area contributed by atoms with E-state index >= 15 is 0 Å². The van der Waals surface area contributed by atoms with E-state index in [0.717, 1.165) is 84.3 Å². The highest BCUT2D eigenvalue weighted by Gasteiger charge is 2.22. The molecule has 62 heavy (non-hydrogen) atoms. The maximum atomic E-state index is 6.26. The fourth-order valence-corrected chi connectivity index (χ4v) is 8.73. The summed E-state index contributed by atoms with van der Waals surface area (Å²) >= 11 is 0. The van der Waals surface area contributed by atoms with E-state index in [1.807, 2.05) is 12.1 Å². The Balaban J connectivity index is 1.14. The van der Waals surface area contributed by atoms with Crippen molar-refractivity contribution in [2.24, 2.45) is 0 Å². The van der Waals surface area contributed by atoms with Crippen molar-refractivity contribution in [2.45, 2.75) is 0 Å². The standard InChI is InChI=1S/C58H41N3O/c1-5-22-45(23-6-1)59(46-24-7-2-8-25-46)51-38-44(39-52(40-51)61(48-28-11-4-12-29-48)56-33-18-20-42-19-13-14-31-53(42)56)43-21-17-30-49(37-43)60(47-26-9-3-10-27-47)50-35-36-58-55(41-50)54-32-15-16-34-57(54)62-58/h1-41H. The van der Waals surface area contributed by atoms with Crippen molar-refractivity contribution in [3.05, 3.63) is 249 Å². The van der Waals surface area contributed by atoms with Crippen molar-refractivity contribution < 1.29 is 4.42 Å². The van der Waals surface area contributed by atoms with Gasteiger partial charge in [-0.15, -0.1) is 0 Å². The summed E-state index contributed by atoms with van der Waals surface area (Å²) in [5.41, 5.74) is 13.5. The lowest BCUT2D eigenvalue weighted by Gasteiger charge is -2.31. The fraction of sp³-hybridized carbons (Fsp3) is 0. The monoisotopic (exact) mass is 795 g/mol. The van der Waals surface area contributed by atoms with Crippen molar-refractivity contribution >= 4 is 83.9 Å². The van der Waals surface area contributed by atoms with Crippen LogP contribution in [0.1, 0.15) is 0 Å². The molecule has 0 aliphatic carbocycles. The Morgan fingerprint density at radius 1 is 0.242 bits per heavy atom. The molecule has 11 aromatic rings. The van der Waals surface area contributed by atoms with Gasteiger partial charge in [0.2, 0.25) is 0 Å². The molecule has 0 unspecified atom stereocenters. The van der Waals surface area contributed by atoms with E-state index in [1.54, 1.807) is 0 Å². The zero-order valence-corrected chi connectivity index (χ0v) is 33.9. The second-order valence-electron chi connectivity index (χ2n) is 15.4. The van der Waals surface area contributed by atoms with Crippen LogP contribution in [0.25, 0.3) is 43.8 Å². The molecule has 0 atom stereocenters. The highest BCUT2D eigenvalue weighted by Crippen LogP contribution is 2.46. The number of hydrogen-bond acceptors (Lipinski definition) is 4. The van der Waals surface area contributed by atoms with Gasteiger partial charge in [0.25, 0.3) is 0 Å². The number of para-hydroxylation sites is 5.